The fourth-order valence-corrected chi connectivity index (χ4v) is 5.15. The predicted molar refractivity (Wildman–Crippen MR) is 125 cm³/mol. The standard InChI is InChI=1S/C23H27N3O7S/c1-15-12-26(13-16(2)33-15)34(30,31)21-6-4-5-18(11-21)23(29)32-14-22(28)25-20-9-7-19(8-10-20)24-17(3)27/h4-11,15-16H,12-14H2,1-3H3,(H,24,27)(H,25,28). The van der Waals surface area contributed by atoms with Gasteiger partial charge in [-0.3, -0.25) is 9.59 Å². The van der Waals surface area contributed by atoms with Crippen molar-refractivity contribution in [2.45, 2.75) is 37.9 Å². The molecule has 0 aliphatic carbocycles. The predicted octanol–water partition coefficient (Wildman–Crippen LogP) is 2.24. The van der Waals surface area contributed by atoms with Crippen molar-refractivity contribution in [3.8, 4) is 0 Å². The number of rotatable bonds is 7. The van der Waals surface area contributed by atoms with E-state index in [4.69, 9.17) is 9.47 Å². The number of hydrogen-bond acceptors (Lipinski definition) is 7. The lowest BCUT2D eigenvalue weighted by Gasteiger charge is -2.34. The van der Waals surface area contributed by atoms with Crippen LogP contribution in [0.5, 0.6) is 0 Å². The van der Waals surface area contributed by atoms with Crippen LogP contribution >= 0.6 is 0 Å². The first-order chi connectivity index (χ1) is 16.0. The van der Waals surface area contributed by atoms with Gasteiger partial charge in [-0.1, -0.05) is 6.07 Å². The van der Waals surface area contributed by atoms with Crippen molar-refractivity contribution in [3.63, 3.8) is 0 Å². The van der Waals surface area contributed by atoms with Gasteiger partial charge < -0.3 is 20.1 Å². The van der Waals surface area contributed by atoms with Gasteiger partial charge in [0.05, 0.1) is 22.7 Å². The van der Waals surface area contributed by atoms with Crippen LogP contribution in [0.2, 0.25) is 0 Å². The lowest BCUT2D eigenvalue weighted by Crippen LogP contribution is -2.48. The molecule has 10 nitrogen and oxygen atoms in total. The SMILES string of the molecule is CC(=O)Nc1ccc(NC(=O)COC(=O)c2cccc(S(=O)(=O)N3CC(C)OC(C)C3)c2)cc1. The van der Waals surface area contributed by atoms with Gasteiger partial charge in [-0.05, 0) is 56.3 Å². The lowest BCUT2D eigenvalue weighted by molar-refractivity contribution is -0.119. The monoisotopic (exact) mass is 489 g/mol. The Labute approximate surface area is 198 Å². The average molecular weight is 490 g/mol. The molecule has 1 saturated heterocycles. The summed E-state index contributed by atoms with van der Waals surface area (Å²) in [4.78, 5) is 35.6. The van der Waals surface area contributed by atoms with Gasteiger partial charge in [0.15, 0.2) is 6.61 Å². The molecule has 1 aliphatic rings. The molecule has 2 atom stereocenters. The van der Waals surface area contributed by atoms with Crippen LogP contribution in [0.25, 0.3) is 0 Å². The summed E-state index contributed by atoms with van der Waals surface area (Å²) in [5.41, 5.74) is 1.05. The quantitative estimate of drug-likeness (QED) is 0.570. The summed E-state index contributed by atoms with van der Waals surface area (Å²) in [6.45, 7) is 4.86. The molecule has 34 heavy (non-hydrogen) atoms. The Kier molecular flexibility index (Phi) is 8.02. The third-order valence-electron chi connectivity index (χ3n) is 4.92. The number of esters is 1. The molecule has 1 heterocycles. The van der Waals surface area contributed by atoms with Gasteiger partial charge in [0.1, 0.15) is 0 Å². The van der Waals surface area contributed by atoms with Crippen molar-refractivity contribution in [2.24, 2.45) is 0 Å². The zero-order valence-corrected chi connectivity index (χ0v) is 19.9. The summed E-state index contributed by atoms with van der Waals surface area (Å²) in [6, 6.07) is 11.9. The molecule has 182 valence electrons. The maximum atomic E-state index is 13.0. The number of carbonyl (C=O) groups is 3. The van der Waals surface area contributed by atoms with Gasteiger partial charge in [0.2, 0.25) is 15.9 Å². The first-order valence-electron chi connectivity index (χ1n) is 10.6. The fraction of sp³-hybridized carbons (Fsp3) is 0.348. The van der Waals surface area contributed by atoms with Crippen LogP contribution in [0.15, 0.2) is 53.4 Å². The van der Waals surface area contributed by atoms with Gasteiger partial charge in [0.25, 0.3) is 5.91 Å². The highest BCUT2D eigenvalue weighted by atomic mass is 32.2. The first kappa shape index (κ1) is 25.3. The number of amides is 2. The number of hydrogen-bond donors (Lipinski definition) is 2. The van der Waals surface area contributed by atoms with E-state index in [0.29, 0.717) is 11.4 Å². The van der Waals surface area contributed by atoms with Gasteiger partial charge in [-0.2, -0.15) is 4.31 Å². The van der Waals surface area contributed by atoms with Crippen LogP contribution in [0.1, 0.15) is 31.1 Å². The van der Waals surface area contributed by atoms with Crippen molar-refractivity contribution in [1.29, 1.82) is 0 Å². The number of sulfonamides is 1. The van der Waals surface area contributed by atoms with Gasteiger partial charge >= 0.3 is 5.97 Å². The van der Waals surface area contributed by atoms with E-state index in [1.165, 1.54) is 35.5 Å². The third-order valence-corrected chi connectivity index (χ3v) is 6.74. The van der Waals surface area contributed by atoms with Crippen LogP contribution in [0, 0.1) is 0 Å². The van der Waals surface area contributed by atoms with E-state index in [-0.39, 0.29) is 41.7 Å². The molecule has 0 aromatic heterocycles. The van der Waals surface area contributed by atoms with Crippen LogP contribution in [-0.4, -0.2) is 62.4 Å². The molecular formula is C23H27N3O7S. The minimum Gasteiger partial charge on any atom is -0.452 e. The summed E-state index contributed by atoms with van der Waals surface area (Å²) in [6.07, 6.45) is -0.487. The van der Waals surface area contributed by atoms with Crippen LogP contribution in [0.3, 0.4) is 0 Å². The van der Waals surface area contributed by atoms with Crippen molar-refractivity contribution in [1.82, 2.24) is 4.31 Å². The second kappa shape index (κ2) is 10.8. The molecular weight excluding hydrogens is 462 g/mol. The smallest absolute Gasteiger partial charge is 0.338 e. The highest BCUT2D eigenvalue weighted by molar-refractivity contribution is 7.89. The molecule has 0 spiro atoms. The van der Waals surface area contributed by atoms with Crippen LogP contribution in [0.4, 0.5) is 11.4 Å². The second-order valence-corrected chi connectivity index (χ2v) is 9.93. The van der Waals surface area contributed by atoms with E-state index in [2.05, 4.69) is 10.6 Å². The summed E-state index contributed by atoms with van der Waals surface area (Å²) in [5.74, 6) is -1.60. The molecule has 2 aromatic rings. The molecule has 2 amide bonds. The molecule has 3 rings (SSSR count). The van der Waals surface area contributed by atoms with E-state index in [9.17, 15) is 22.8 Å². The third kappa shape index (κ3) is 6.62. The van der Waals surface area contributed by atoms with Crippen LogP contribution < -0.4 is 10.6 Å². The van der Waals surface area contributed by atoms with Crippen LogP contribution in [-0.2, 0) is 29.1 Å². The normalized spacial score (nSPS) is 18.7. The maximum absolute atomic E-state index is 13.0. The minimum atomic E-state index is -3.83. The summed E-state index contributed by atoms with van der Waals surface area (Å²) < 4.78 is 38.0. The number of ether oxygens (including phenoxy) is 2. The van der Waals surface area contributed by atoms with Gasteiger partial charge in [-0.15, -0.1) is 0 Å². The summed E-state index contributed by atoms with van der Waals surface area (Å²) in [7, 11) is -3.83. The fourth-order valence-electron chi connectivity index (χ4n) is 3.51. The Balaban J connectivity index is 1.59. The van der Waals surface area contributed by atoms with E-state index >= 15 is 0 Å². The first-order valence-corrected chi connectivity index (χ1v) is 12.1. The Morgan fingerprint density at radius 1 is 1.00 bits per heavy atom. The molecule has 11 heteroatoms. The van der Waals surface area contributed by atoms with E-state index in [1.54, 1.807) is 38.1 Å². The Bertz CT molecular complexity index is 1160. The molecule has 0 bridgehead atoms. The Morgan fingerprint density at radius 3 is 2.18 bits per heavy atom. The summed E-state index contributed by atoms with van der Waals surface area (Å²) >= 11 is 0. The maximum Gasteiger partial charge on any atom is 0.338 e. The molecule has 2 aromatic carbocycles. The van der Waals surface area contributed by atoms with Crippen molar-refractivity contribution >= 4 is 39.2 Å². The Morgan fingerprint density at radius 2 is 1.59 bits per heavy atom. The van der Waals surface area contributed by atoms with Crippen molar-refractivity contribution < 1.29 is 32.3 Å². The molecule has 2 unspecified atom stereocenters. The number of nitrogens with zero attached hydrogens (tertiary/aromatic N) is 1. The number of anilines is 2. The van der Waals surface area contributed by atoms with E-state index in [0.717, 1.165) is 0 Å². The molecule has 0 radical (unpaired) electrons. The number of carbonyl (C=O) groups excluding carboxylic acids is 3. The second-order valence-electron chi connectivity index (χ2n) is 7.99. The highest BCUT2D eigenvalue weighted by Crippen LogP contribution is 2.22. The molecule has 0 saturated carbocycles. The molecule has 2 N–H and O–H groups in total. The topological polar surface area (TPSA) is 131 Å². The highest BCUT2D eigenvalue weighted by Gasteiger charge is 2.32. The zero-order chi connectivity index (χ0) is 24.9. The number of morpholine rings is 1. The molecule has 1 fully saturated rings. The van der Waals surface area contributed by atoms with E-state index < -0.39 is 28.5 Å². The summed E-state index contributed by atoms with van der Waals surface area (Å²) in [5, 5.41) is 5.18. The van der Waals surface area contributed by atoms with E-state index in [1.807, 2.05) is 0 Å². The Hall–Kier alpha value is -3.28. The molecule has 1 aliphatic heterocycles. The van der Waals surface area contributed by atoms with Crippen molar-refractivity contribution in [2.75, 3.05) is 30.3 Å². The lowest BCUT2D eigenvalue weighted by atomic mass is 10.2. The zero-order valence-electron chi connectivity index (χ0n) is 19.1. The largest absolute Gasteiger partial charge is 0.452 e. The van der Waals surface area contributed by atoms with Crippen molar-refractivity contribution in [3.05, 3.63) is 54.1 Å². The number of nitrogens with one attached hydrogen (secondary N) is 2. The van der Waals surface area contributed by atoms with Gasteiger partial charge in [0, 0.05) is 31.4 Å². The average Bonchev–Trinajstić information content (AvgIpc) is 2.78. The van der Waals surface area contributed by atoms with Gasteiger partial charge in [-0.25, -0.2) is 13.2 Å². The number of benzene rings is 2. The minimum absolute atomic E-state index is 0.0166.